The van der Waals surface area contributed by atoms with E-state index in [0.29, 0.717) is 11.5 Å². The number of rotatable bonds is 8. The van der Waals surface area contributed by atoms with Gasteiger partial charge in [0, 0.05) is 38.3 Å². The van der Waals surface area contributed by atoms with Gasteiger partial charge in [0.25, 0.3) is 0 Å². The maximum Gasteiger partial charge on any atom is 0.203 e. The van der Waals surface area contributed by atoms with E-state index in [2.05, 4.69) is 10.2 Å². The average Bonchev–Trinajstić information content (AvgIpc) is 2.58. The number of benzene rings is 1. The molecule has 140 valence electrons. The van der Waals surface area contributed by atoms with Gasteiger partial charge in [0.1, 0.15) is 0 Å². The number of methoxy groups -OCH3 is 3. The zero-order chi connectivity index (χ0) is 15.8. The standard InChI is InChI=1S/C16H26N2O4.2ClH/c1-19-14-5-4-13(15(20-2)16(14)21-3)12-17-6-7-18-8-10-22-11-9-18;;/h4-5,17H,6-12H2,1-3H3;2*1H. The molecule has 1 aliphatic heterocycles. The highest BCUT2D eigenvalue weighted by Crippen LogP contribution is 2.39. The molecule has 1 aromatic carbocycles. The number of morpholine rings is 1. The van der Waals surface area contributed by atoms with E-state index in [4.69, 9.17) is 18.9 Å². The molecular formula is C16H28Cl2N2O4. The van der Waals surface area contributed by atoms with Crippen molar-refractivity contribution in [1.29, 1.82) is 0 Å². The van der Waals surface area contributed by atoms with Crippen molar-refractivity contribution in [1.82, 2.24) is 10.2 Å². The number of nitrogens with one attached hydrogen (secondary N) is 1. The van der Waals surface area contributed by atoms with Gasteiger partial charge in [-0.25, -0.2) is 0 Å². The summed E-state index contributed by atoms with van der Waals surface area (Å²) in [5, 5.41) is 3.45. The number of ether oxygens (including phenoxy) is 4. The molecule has 1 aliphatic rings. The van der Waals surface area contributed by atoms with Crippen LogP contribution in [0.1, 0.15) is 5.56 Å². The van der Waals surface area contributed by atoms with Crippen molar-refractivity contribution >= 4 is 24.8 Å². The van der Waals surface area contributed by atoms with Crippen molar-refractivity contribution in [3.63, 3.8) is 0 Å². The molecule has 1 heterocycles. The Morgan fingerprint density at radius 3 is 2.25 bits per heavy atom. The maximum atomic E-state index is 5.48. The van der Waals surface area contributed by atoms with Crippen molar-refractivity contribution in [2.24, 2.45) is 0 Å². The van der Waals surface area contributed by atoms with Crippen LogP contribution < -0.4 is 19.5 Å². The first-order valence-corrected chi connectivity index (χ1v) is 7.58. The highest BCUT2D eigenvalue weighted by Gasteiger charge is 2.15. The number of halogens is 2. The molecule has 6 nitrogen and oxygen atoms in total. The van der Waals surface area contributed by atoms with E-state index in [1.165, 1.54) is 0 Å². The van der Waals surface area contributed by atoms with Crippen molar-refractivity contribution in [2.75, 3.05) is 60.7 Å². The predicted octanol–water partition coefficient (Wildman–Crippen LogP) is 1.98. The van der Waals surface area contributed by atoms with E-state index >= 15 is 0 Å². The molecule has 0 atom stereocenters. The number of hydrogen-bond donors (Lipinski definition) is 1. The summed E-state index contributed by atoms with van der Waals surface area (Å²) < 4.78 is 21.5. The average molecular weight is 383 g/mol. The third-order valence-corrected chi connectivity index (χ3v) is 3.81. The molecule has 24 heavy (non-hydrogen) atoms. The Balaban J connectivity index is 0.00000264. The van der Waals surface area contributed by atoms with E-state index in [1.807, 2.05) is 12.1 Å². The molecule has 1 aromatic rings. The lowest BCUT2D eigenvalue weighted by atomic mass is 10.1. The van der Waals surface area contributed by atoms with Gasteiger partial charge in [-0.15, -0.1) is 24.8 Å². The Bertz CT molecular complexity index is 472. The Morgan fingerprint density at radius 2 is 1.67 bits per heavy atom. The summed E-state index contributed by atoms with van der Waals surface area (Å²) in [6.45, 7) is 6.39. The largest absolute Gasteiger partial charge is 0.493 e. The van der Waals surface area contributed by atoms with Crippen molar-refractivity contribution < 1.29 is 18.9 Å². The lowest BCUT2D eigenvalue weighted by molar-refractivity contribution is 0.0384. The van der Waals surface area contributed by atoms with E-state index < -0.39 is 0 Å². The fourth-order valence-electron chi connectivity index (χ4n) is 2.59. The fraction of sp³-hybridized carbons (Fsp3) is 0.625. The molecule has 1 saturated heterocycles. The van der Waals surface area contributed by atoms with E-state index in [1.54, 1.807) is 21.3 Å². The quantitative estimate of drug-likeness (QED) is 0.693. The monoisotopic (exact) mass is 382 g/mol. The van der Waals surface area contributed by atoms with E-state index in [9.17, 15) is 0 Å². The molecule has 0 radical (unpaired) electrons. The first kappa shape index (κ1) is 23.1. The first-order valence-electron chi connectivity index (χ1n) is 7.58. The first-order chi connectivity index (χ1) is 10.8. The second-order valence-electron chi connectivity index (χ2n) is 5.12. The van der Waals surface area contributed by atoms with Crippen LogP contribution in [0.2, 0.25) is 0 Å². The summed E-state index contributed by atoms with van der Waals surface area (Å²) in [5.74, 6) is 2.04. The van der Waals surface area contributed by atoms with E-state index in [0.717, 1.165) is 57.3 Å². The normalized spacial score (nSPS) is 14.3. The Kier molecular flexibility index (Phi) is 12.0. The van der Waals surface area contributed by atoms with Crippen LogP contribution in [0.3, 0.4) is 0 Å². The number of nitrogens with zero attached hydrogens (tertiary/aromatic N) is 1. The molecule has 2 rings (SSSR count). The van der Waals surface area contributed by atoms with Crippen LogP contribution in [0.25, 0.3) is 0 Å². The molecule has 0 spiro atoms. The molecule has 0 saturated carbocycles. The van der Waals surface area contributed by atoms with Crippen LogP contribution in [0.15, 0.2) is 12.1 Å². The maximum absolute atomic E-state index is 5.48. The van der Waals surface area contributed by atoms with Gasteiger partial charge in [0.15, 0.2) is 11.5 Å². The van der Waals surface area contributed by atoms with Crippen LogP contribution in [0.4, 0.5) is 0 Å². The second-order valence-corrected chi connectivity index (χ2v) is 5.12. The molecule has 0 aliphatic carbocycles. The molecule has 0 aromatic heterocycles. The van der Waals surface area contributed by atoms with Gasteiger partial charge in [-0.3, -0.25) is 4.90 Å². The summed E-state index contributed by atoms with van der Waals surface area (Å²) in [4.78, 5) is 2.41. The molecular weight excluding hydrogens is 355 g/mol. The zero-order valence-corrected chi connectivity index (χ0v) is 16.1. The third kappa shape index (κ3) is 6.18. The molecule has 1 N–H and O–H groups in total. The van der Waals surface area contributed by atoms with Gasteiger partial charge in [-0.1, -0.05) is 6.07 Å². The summed E-state index contributed by atoms with van der Waals surface area (Å²) in [5.41, 5.74) is 1.06. The van der Waals surface area contributed by atoms with Crippen molar-refractivity contribution in [3.8, 4) is 17.2 Å². The van der Waals surface area contributed by atoms with Gasteiger partial charge in [0.05, 0.1) is 34.5 Å². The molecule has 8 heteroatoms. The number of hydrogen-bond acceptors (Lipinski definition) is 6. The van der Waals surface area contributed by atoms with E-state index in [-0.39, 0.29) is 24.8 Å². The van der Waals surface area contributed by atoms with Crippen LogP contribution in [0.5, 0.6) is 17.2 Å². The summed E-state index contributed by atoms with van der Waals surface area (Å²) in [7, 11) is 4.89. The van der Waals surface area contributed by atoms with Gasteiger partial charge in [-0.2, -0.15) is 0 Å². The van der Waals surface area contributed by atoms with Gasteiger partial charge in [-0.05, 0) is 6.07 Å². The Labute approximate surface area is 156 Å². The minimum atomic E-state index is 0. The Hall–Kier alpha value is -0.920. The molecule has 0 unspecified atom stereocenters. The van der Waals surface area contributed by atoms with Gasteiger partial charge < -0.3 is 24.3 Å². The SMILES string of the molecule is COc1ccc(CNCCN2CCOCC2)c(OC)c1OC.Cl.Cl. The lowest BCUT2D eigenvalue weighted by Crippen LogP contribution is -2.40. The smallest absolute Gasteiger partial charge is 0.203 e. The topological polar surface area (TPSA) is 52.2 Å². The molecule has 0 amide bonds. The van der Waals surface area contributed by atoms with Crippen LogP contribution >= 0.6 is 24.8 Å². The summed E-state index contributed by atoms with van der Waals surface area (Å²) in [6, 6.07) is 3.91. The minimum absolute atomic E-state index is 0. The minimum Gasteiger partial charge on any atom is -0.493 e. The molecule has 0 bridgehead atoms. The fourth-order valence-corrected chi connectivity index (χ4v) is 2.59. The van der Waals surface area contributed by atoms with Crippen LogP contribution in [-0.2, 0) is 11.3 Å². The highest BCUT2D eigenvalue weighted by molar-refractivity contribution is 5.85. The van der Waals surface area contributed by atoms with Crippen molar-refractivity contribution in [2.45, 2.75) is 6.54 Å². The van der Waals surface area contributed by atoms with Gasteiger partial charge in [0.2, 0.25) is 5.75 Å². The van der Waals surface area contributed by atoms with Gasteiger partial charge >= 0.3 is 0 Å². The van der Waals surface area contributed by atoms with Crippen LogP contribution in [0, 0.1) is 0 Å². The summed E-state index contributed by atoms with van der Waals surface area (Å²) >= 11 is 0. The second kappa shape index (κ2) is 12.4. The third-order valence-electron chi connectivity index (χ3n) is 3.81. The zero-order valence-electron chi connectivity index (χ0n) is 14.5. The predicted molar refractivity (Wildman–Crippen MR) is 99.6 cm³/mol. The lowest BCUT2D eigenvalue weighted by Gasteiger charge is -2.26. The molecule has 1 fully saturated rings. The van der Waals surface area contributed by atoms with Crippen LogP contribution in [-0.4, -0.2) is 65.6 Å². The summed E-state index contributed by atoms with van der Waals surface area (Å²) in [6.07, 6.45) is 0. The Morgan fingerprint density at radius 1 is 1.00 bits per heavy atom. The van der Waals surface area contributed by atoms with Crippen molar-refractivity contribution in [3.05, 3.63) is 17.7 Å². The highest BCUT2D eigenvalue weighted by atomic mass is 35.5.